The fourth-order valence-electron chi connectivity index (χ4n) is 3.45. The van der Waals surface area contributed by atoms with E-state index in [1.807, 2.05) is 16.9 Å². The first-order valence-corrected chi connectivity index (χ1v) is 9.91. The van der Waals surface area contributed by atoms with E-state index in [9.17, 15) is 4.79 Å². The zero-order chi connectivity index (χ0) is 19.8. The highest BCUT2D eigenvalue weighted by Gasteiger charge is 2.26. The largest absolute Gasteiger partial charge is 0.469 e. The molecule has 1 aliphatic rings. The van der Waals surface area contributed by atoms with Gasteiger partial charge in [0.2, 0.25) is 0 Å². The van der Waals surface area contributed by atoms with Crippen molar-refractivity contribution in [2.45, 2.75) is 26.2 Å². The normalized spacial score (nSPS) is 15.5. The van der Waals surface area contributed by atoms with E-state index in [2.05, 4.69) is 46.5 Å². The van der Waals surface area contributed by atoms with Crippen LogP contribution in [0.5, 0.6) is 0 Å². The number of piperidine rings is 1. The highest BCUT2D eigenvalue weighted by Crippen LogP contribution is 2.18. The molecule has 0 saturated carbocycles. The van der Waals surface area contributed by atoms with Gasteiger partial charge in [-0.05, 0) is 49.9 Å². The number of guanidine groups is 1. The Hall–Kier alpha value is -2.83. The van der Waals surface area contributed by atoms with Gasteiger partial charge < -0.3 is 15.0 Å². The van der Waals surface area contributed by atoms with Crippen LogP contribution in [0.25, 0.3) is 5.69 Å². The lowest BCUT2D eigenvalue weighted by Crippen LogP contribution is -2.46. The van der Waals surface area contributed by atoms with E-state index in [0.29, 0.717) is 0 Å². The molecule has 28 heavy (non-hydrogen) atoms. The Kier molecular flexibility index (Phi) is 7.06. The summed E-state index contributed by atoms with van der Waals surface area (Å²) in [6.45, 7) is 5.27. The number of rotatable bonds is 6. The third kappa shape index (κ3) is 5.12. The summed E-state index contributed by atoms with van der Waals surface area (Å²) in [4.78, 5) is 18.7. The second-order valence-electron chi connectivity index (χ2n) is 6.89. The average Bonchev–Trinajstić information content (AvgIpc) is 3.28. The van der Waals surface area contributed by atoms with Gasteiger partial charge in [0.15, 0.2) is 5.96 Å². The Morgan fingerprint density at radius 1 is 1.29 bits per heavy atom. The topological polar surface area (TPSA) is 71.8 Å². The van der Waals surface area contributed by atoms with Crippen molar-refractivity contribution in [2.24, 2.45) is 10.9 Å². The maximum atomic E-state index is 11.7. The first-order valence-electron chi connectivity index (χ1n) is 9.91. The van der Waals surface area contributed by atoms with Crippen molar-refractivity contribution in [3.63, 3.8) is 0 Å². The number of aliphatic imine (C=N–C) groups is 1. The Labute approximate surface area is 166 Å². The summed E-state index contributed by atoms with van der Waals surface area (Å²) >= 11 is 0. The first-order chi connectivity index (χ1) is 13.7. The number of ether oxygens (including phenoxy) is 1. The van der Waals surface area contributed by atoms with Crippen LogP contribution >= 0.6 is 0 Å². The molecule has 0 spiro atoms. The van der Waals surface area contributed by atoms with Gasteiger partial charge in [0.25, 0.3) is 0 Å². The molecule has 3 rings (SSSR count). The molecule has 0 atom stereocenters. The molecule has 0 bridgehead atoms. The van der Waals surface area contributed by atoms with Crippen molar-refractivity contribution in [2.75, 3.05) is 33.3 Å². The van der Waals surface area contributed by atoms with Crippen LogP contribution < -0.4 is 5.32 Å². The van der Waals surface area contributed by atoms with Gasteiger partial charge in [-0.25, -0.2) is 4.68 Å². The van der Waals surface area contributed by atoms with Crippen molar-refractivity contribution < 1.29 is 9.53 Å². The first kappa shape index (κ1) is 19.9. The summed E-state index contributed by atoms with van der Waals surface area (Å²) < 4.78 is 6.72. The van der Waals surface area contributed by atoms with Gasteiger partial charge >= 0.3 is 5.97 Å². The fraction of sp³-hybridized carbons (Fsp3) is 0.476. The van der Waals surface area contributed by atoms with E-state index in [1.165, 1.54) is 12.7 Å². The number of nitrogens with zero attached hydrogens (tertiary/aromatic N) is 4. The maximum Gasteiger partial charge on any atom is 0.308 e. The number of hydrogen-bond acceptors (Lipinski definition) is 4. The van der Waals surface area contributed by atoms with Crippen LogP contribution in [0, 0.1) is 5.92 Å². The van der Waals surface area contributed by atoms with Crippen LogP contribution in [0.2, 0.25) is 0 Å². The molecule has 1 saturated heterocycles. The minimum atomic E-state index is -0.0971. The molecule has 0 amide bonds. The van der Waals surface area contributed by atoms with Gasteiger partial charge in [-0.1, -0.05) is 12.1 Å². The number of esters is 1. The molecule has 150 valence electrons. The molecular weight excluding hydrogens is 354 g/mol. The van der Waals surface area contributed by atoms with Crippen molar-refractivity contribution >= 4 is 11.9 Å². The molecule has 0 radical (unpaired) electrons. The van der Waals surface area contributed by atoms with Gasteiger partial charge in [-0.15, -0.1) is 0 Å². The fourth-order valence-corrected chi connectivity index (χ4v) is 3.45. The number of carbonyl (C=O) groups excluding carboxylic acids is 1. The van der Waals surface area contributed by atoms with Crippen molar-refractivity contribution in [1.29, 1.82) is 0 Å². The number of benzene rings is 1. The Morgan fingerprint density at radius 2 is 2.04 bits per heavy atom. The number of aromatic nitrogens is 2. The van der Waals surface area contributed by atoms with Crippen molar-refractivity contribution in [3.05, 3.63) is 48.3 Å². The highest BCUT2D eigenvalue weighted by molar-refractivity contribution is 5.80. The minimum Gasteiger partial charge on any atom is -0.469 e. The number of nitrogens with one attached hydrogen (secondary N) is 1. The third-order valence-corrected chi connectivity index (χ3v) is 5.03. The highest BCUT2D eigenvalue weighted by atomic mass is 16.5. The van der Waals surface area contributed by atoms with Crippen molar-refractivity contribution in [1.82, 2.24) is 20.0 Å². The van der Waals surface area contributed by atoms with Crippen LogP contribution in [-0.2, 0) is 16.0 Å². The zero-order valence-corrected chi connectivity index (χ0v) is 16.7. The van der Waals surface area contributed by atoms with E-state index < -0.39 is 0 Å². The SMILES string of the molecule is CCNC(=NCCc1ccc(-n2cccn2)cc1)N1CCC(C(=O)OC)CC1. The predicted molar refractivity (Wildman–Crippen MR) is 110 cm³/mol. The van der Waals surface area contributed by atoms with E-state index in [0.717, 1.165) is 57.1 Å². The van der Waals surface area contributed by atoms with Crippen LogP contribution in [0.1, 0.15) is 25.3 Å². The smallest absolute Gasteiger partial charge is 0.308 e. The summed E-state index contributed by atoms with van der Waals surface area (Å²) in [5, 5.41) is 7.62. The lowest BCUT2D eigenvalue weighted by atomic mass is 9.97. The van der Waals surface area contributed by atoms with Gasteiger partial charge in [0.05, 0.1) is 18.7 Å². The van der Waals surface area contributed by atoms with Crippen molar-refractivity contribution in [3.8, 4) is 5.69 Å². The summed E-state index contributed by atoms with van der Waals surface area (Å²) in [5.74, 6) is 0.844. The van der Waals surface area contributed by atoms with Crippen LogP contribution in [0.15, 0.2) is 47.7 Å². The van der Waals surface area contributed by atoms with Gasteiger partial charge in [0.1, 0.15) is 0 Å². The molecule has 1 aromatic carbocycles. The summed E-state index contributed by atoms with van der Waals surface area (Å²) in [5.41, 5.74) is 2.30. The second-order valence-corrected chi connectivity index (χ2v) is 6.89. The Bertz CT molecular complexity index is 763. The molecule has 7 nitrogen and oxygen atoms in total. The third-order valence-electron chi connectivity index (χ3n) is 5.03. The van der Waals surface area contributed by atoms with E-state index in [4.69, 9.17) is 9.73 Å². The maximum absolute atomic E-state index is 11.7. The zero-order valence-electron chi connectivity index (χ0n) is 16.7. The van der Waals surface area contributed by atoms with Gasteiger partial charge in [0, 0.05) is 38.6 Å². The quantitative estimate of drug-likeness (QED) is 0.471. The molecular formula is C21H29N5O2. The van der Waals surface area contributed by atoms with E-state index in [1.54, 1.807) is 6.20 Å². The molecule has 7 heteroatoms. The lowest BCUT2D eigenvalue weighted by Gasteiger charge is -2.33. The number of methoxy groups -OCH3 is 1. The van der Waals surface area contributed by atoms with Crippen LogP contribution in [0.4, 0.5) is 0 Å². The number of hydrogen-bond donors (Lipinski definition) is 1. The van der Waals surface area contributed by atoms with Crippen LogP contribution in [-0.4, -0.2) is 59.9 Å². The minimum absolute atomic E-state index is 0.0115. The van der Waals surface area contributed by atoms with E-state index >= 15 is 0 Å². The Balaban J connectivity index is 1.54. The number of carbonyl (C=O) groups is 1. The average molecular weight is 383 g/mol. The second kappa shape index (κ2) is 9.92. The number of likely N-dealkylation sites (tertiary alicyclic amines) is 1. The van der Waals surface area contributed by atoms with Crippen LogP contribution in [0.3, 0.4) is 0 Å². The molecule has 0 unspecified atom stereocenters. The molecule has 2 aromatic rings. The summed E-state index contributed by atoms with van der Waals surface area (Å²) in [7, 11) is 1.46. The lowest BCUT2D eigenvalue weighted by molar-refractivity contribution is -0.146. The van der Waals surface area contributed by atoms with Gasteiger partial charge in [-0.2, -0.15) is 5.10 Å². The monoisotopic (exact) mass is 383 g/mol. The predicted octanol–water partition coefficient (Wildman–Crippen LogP) is 2.27. The standard InChI is InChI=1S/C21H29N5O2/c1-3-22-21(25-15-10-18(11-16-25)20(27)28-2)23-13-9-17-5-7-19(8-6-17)26-14-4-12-24-26/h4-8,12,14,18H,3,9-11,13,15-16H2,1-2H3,(H,22,23). The van der Waals surface area contributed by atoms with Gasteiger partial charge in [-0.3, -0.25) is 9.79 Å². The molecule has 1 N–H and O–H groups in total. The molecule has 2 heterocycles. The van der Waals surface area contributed by atoms with E-state index in [-0.39, 0.29) is 11.9 Å². The molecule has 1 aromatic heterocycles. The molecule has 0 aliphatic carbocycles. The molecule has 1 aliphatic heterocycles. The Morgan fingerprint density at radius 3 is 2.64 bits per heavy atom. The molecule has 1 fully saturated rings. The summed E-state index contributed by atoms with van der Waals surface area (Å²) in [6.07, 6.45) is 6.22. The summed E-state index contributed by atoms with van der Waals surface area (Å²) in [6, 6.07) is 10.3.